The fraction of sp³-hybridized carbons (Fsp3) is 0.400. The molecule has 0 heterocycles. The maximum absolute atomic E-state index is 13.4. The topological polar surface area (TPSA) is 26.0 Å². The van der Waals surface area contributed by atoms with Crippen molar-refractivity contribution in [3.63, 3.8) is 0 Å². The Balaban J connectivity index is 3.01. The number of halogens is 2. The van der Waals surface area contributed by atoms with Crippen molar-refractivity contribution in [1.29, 1.82) is 0 Å². The molecule has 0 aromatic heterocycles. The molecule has 0 unspecified atom stereocenters. The lowest BCUT2D eigenvalue weighted by molar-refractivity contribution is 0.484. The highest BCUT2D eigenvalue weighted by atomic mass is 127. The van der Waals surface area contributed by atoms with E-state index in [1.807, 2.05) is 19.9 Å². The zero-order chi connectivity index (χ0) is 10.0. The van der Waals surface area contributed by atoms with Crippen LogP contribution in [0.2, 0.25) is 0 Å². The summed E-state index contributed by atoms with van der Waals surface area (Å²) in [4.78, 5) is 0. The molecule has 0 amide bonds. The van der Waals surface area contributed by atoms with Crippen LogP contribution in [0.15, 0.2) is 18.2 Å². The number of benzene rings is 1. The normalized spacial score (nSPS) is 13.4. The Kier molecular flexibility index (Phi) is 3.67. The van der Waals surface area contributed by atoms with Crippen molar-refractivity contribution >= 4 is 22.6 Å². The Morgan fingerprint density at radius 3 is 2.46 bits per heavy atom. The highest BCUT2D eigenvalue weighted by Crippen LogP contribution is 2.22. The van der Waals surface area contributed by atoms with Crippen LogP contribution in [0.25, 0.3) is 0 Å². The van der Waals surface area contributed by atoms with Gasteiger partial charge in [-0.3, -0.25) is 0 Å². The van der Waals surface area contributed by atoms with E-state index in [4.69, 9.17) is 5.73 Å². The van der Waals surface area contributed by atoms with E-state index in [0.29, 0.717) is 5.56 Å². The Labute approximate surface area is 91.7 Å². The minimum absolute atomic E-state index is 0.201. The van der Waals surface area contributed by atoms with E-state index >= 15 is 0 Å². The minimum atomic E-state index is -0.211. The van der Waals surface area contributed by atoms with Gasteiger partial charge in [-0.2, -0.15) is 0 Å². The predicted octanol–water partition coefficient (Wildman–Crippen LogP) is 3.09. The molecule has 1 nitrogen and oxygen atoms in total. The second-order valence-corrected chi connectivity index (χ2v) is 4.68. The van der Waals surface area contributed by atoms with Crippen LogP contribution in [-0.4, -0.2) is 0 Å². The van der Waals surface area contributed by atoms with Crippen LogP contribution < -0.4 is 5.73 Å². The Morgan fingerprint density at radius 1 is 1.38 bits per heavy atom. The lowest BCUT2D eigenvalue weighted by atomic mass is 9.97. The van der Waals surface area contributed by atoms with Gasteiger partial charge in [-0.1, -0.05) is 19.9 Å². The van der Waals surface area contributed by atoms with E-state index < -0.39 is 0 Å². The summed E-state index contributed by atoms with van der Waals surface area (Å²) in [5.41, 5.74) is 6.45. The summed E-state index contributed by atoms with van der Waals surface area (Å²) < 4.78 is 14.3. The van der Waals surface area contributed by atoms with Gasteiger partial charge in [0.05, 0.1) is 0 Å². The second kappa shape index (κ2) is 4.37. The zero-order valence-corrected chi connectivity index (χ0v) is 9.88. The van der Waals surface area contributed by atoms with Gasteiger partial charge in [0, 0.05) is 15.2 Å². The van der Waals surface area contributed by atoms with Gasteiger partial charge in [0.15, 0.2) is 0 Å². The first-order valence-corrected chi connectivity index (χ1v) is 5.30. The largest absolute Gasteiger partial charge is 0.324 e. The van der Waals surface area contributed by atoms with Gasteiger partial charge in [-0.25, -0.2) is 4.39 Å². The summed E-state index contributed by atoms with van der Waals surface area (Å²) in [5, 5.41) is 0. The average molecular weight is 293 g/mol. The van der Waals surface area contributed by atoms with E-state index in [-0.39, 0.29) is 17.8 Å². The molecule has 1 aromatic carbocycles. The fourth-order valence-electron chi connectivity index (χ4n) is 1.13. The molecule has 0 saturated heterocycles. The van der Waals surface area contributed by atoms with Crippen molar-refractivity contribution in [3.8, 4) is 0 Å². The van der Waals surface area contributed by atoms with Crippen LogP contribution in [0.5, 0.6) is 0 Å². The van der Waals surface area contributed by atoms with Crippen molar-refractivity contribution in [3.05, 3.63) is 33.1 Å². The molecular weight excluding hydrogens is 280 g/mol. The molecule has 72 valence electrons. The lowest BCUT2D eigenvalue weighted by Gasteiger charge is -2.16. The average Bonchev–Trinajstić information content (AvgIpc) is 2.03. The summed E-state index contributed by atoms with van der Waals surface area (Å²) in [6.45, 7) is 3.98. The van der Waals surface area contributed by atoms with Crippen molar-refractivity contribution < 1.29 is 4.39 Å². The van der Waals surface area contributed by atoms with Gasteiger partial charge in [0.1, 0.15) is 5.82 Å². The first-order valence-electron chi connectivity index (χ1n) is 4.23. The molecule has 3 heteroatoms. The molecule has 0 aliphatic heterocycles. The van der Waals surface area contributed by atoms with Crippen molar-refractivity contribution in [2.75, 3.05) is 0 Å². The first kappa shape index (κ1) is 10.9. The molecule has 0 radical (unpaired) electrons. The Hall–Kier alpha value is -0.160. The maximum atomic E-state index is 13.4. The molecule has 1 aromatic rings. The molecule has 0 fully saturated rings. The first-order chi connectivity index (χ1) is 6.02. The van der Waals surface area contributed by atoms with Gasteiger partial charge < -0.3 is 5.73 Å². The molecule has 13 heavy (non-hydrogen) atoms. The number of hydrogen-bond donors (Lipinski definition) is 1. The third-order valence-electron chi connectivity index (χ3n) is 2.04. The quantitative estimate of drug-likeness (QED) is 0.833. The molecule has 0 aliphatic rings. The summed E-state index contributed by atoms with van der Waals surface area (Å²) in [7, 11) is 0. The predicted molar refractivity (Wildman–Crippen MR) is 60.9 cm³/mol. The van der Waals surface area contributed by atoms with Crippen LogP contribution in [-0.2, 0) is 0 Å². The van der Waals surface area contributed by atoms with Crippen LogP contribution in [0, 0.1) is 15.3 Å². The van der Waals surface area contributed by atoms with E-state index in [9.17, 15) is 4.39 Å². The standard InChI is InChI=1S/C10H13FIN/c1-6(2)10(13)8-4-3-7(12)5-9(8)11/h3-6,10H,13H2,1-2H3/t10-/m0/s1. The number of rotatable bonds is 2. The molecule has 2 N–H and O–H groups in total. The van der Waals surface area contributed by atoms with Crippen LogP contribution in [0.3, 0.4) is 0 Å². The fourth-order valence-corrected chi connectivity index (χ4v) is 1.58. The molecule has 1 atom stereocenters. The summed E-state index contributed by atoms with van der Waals surface area (Å²) >= 11 is 2.08. The monoisotopic (exact) mass is 293 g/mol. The van der Waals surface area contributed by atoms with Crippen molar-refractivity contribution in [1.82, 2.24) is 0 Å². The van der Waals surface area contributed by atoms with Gasteiger partial charge in [0.2, 0.25) is 0 Å². The van der Waals surface area contributed by atoms with E-state index in [1.165, 1.54) is 6.07 Å². The van der Waals surface area contributed by atoms with Crippen LogP contribution >= 0.6 is 22.6 Å². The summed E-state index contributed by atoms with van der Waals surface area (Å²) in [6.07, 6.45) is 0. The third kappa shape index (κ3) is 2.64. The Morgan fingerprint density at radius 2 is 2.00 bits per heavy atom. The molecule has 0 aliphatic carbocycles. The molecule has 0 bridgehead atoms. The number of nitrogens with two attached hydrogens (primary N) is 1. The van der Waals surface area contributed by atoms with Crippen molar-refractivity contribution in [2.45, 2.75) is 19.9 Å². The van der Waals surface area contributed by atoms with Crippen molar-refractivity contribution in [2.24, 2.45) is 11.7 Å². The summed E-state index contributed by atoms with van der Waals surface area (Å²) in [6, 6.07) is 4.94. The van der Waals surface area contributed by atoms with Gasteiger partial charge in [-0.05, 0) is 40.6 Å². The lowest BCUT2D eigenvalue weighted by Crippen LogP contribution is -2.18. The summed E-state index contributed by atoms with van der Waals surface area (Å²) in [5.74, 6) is 0.0580. The molecule has 1 rings (SSSR count). The molecular formula is C10H13FIN. The molecule has 0 spiro atoms. The Bertz CT molecular complexity index is 299. The SMILES string of the molecule is CC(C)[C@H](N)c1ccc(I)cc1F. The highest BCUT2D eigenvalue weighted by Gasteiger charge is 2.14. The van der Waals surface area contributed by atoms with Crippen LogP contribution in [0.1, 0.15) is 25.5 Å². The van der Waals surface area contributed by atoms with Crippen LogP contribution in [0.4, 0.5) is 4.39 Å². The smallest absolute Gasteiger partial charge is 0.129 e. The van der Waals surface area contributed by atoms with Gasteiger partial charge in [0.25, 0.3) is 0 Å². The van der Waals surface area contributed by atoms with Gasteiger partial charge in [-0.15, -0.1) is 0 Å². The van der Waals surface area contributed by atoms with E-state index in [2.05, 4.69) is 22.6 Å². The zero-order valence-electron chi connectivity index (χ0n) is 7.72. The highest BCUT2D eigenvalue weighted by molar-refractivity contribution is 14.1. The number of hydrogen-bond acceptors (Lipinski definition) is 1. The van der Waals surface area contributed by atoms with Gasteiger partial charge >= 0.3 is 0 Å². The van der Waals surface area contributed by atoms with E-state index in [0.717, 1.165) is 3.57 Å². The molecule has 0 saturated carbocycles. The third-order valence-corrected chi connectivity index (χ3v) is 2.71. The minimum Gasteiger partial charge on any atom is -0.324 e. The van der Waals surface area contributed by atoms with E-state index in [1.54, 1.807) is 6.07 Å². The second-order valence-electron chi connectivity index (χ2n) is 3.44. The maximum Gasteiger partial charge on any atom is 0.129 e.